The average Bonchev–Trinajstić information content (AvgIpc) is 2.50. The van der Waals surface area contributed by atoms with Crippen molar-refractivity contribution >= 4 is 39.7 Å². The van der Waals surface area contributed by atoms with Crippen molar-refractivity contribution in [3.05, 3.63) is 28.2 Å². The van der Waals surface area contributed by atoms with Crippen LogP contribution in [0.25, 0.3) is 10.2 Å². The maximum absolute atomic E-state index is 10.4. The smallest absolute Gasteiger partial charge is 0.162 e. The molecule has 2 rings (SSSR count). The Bertz CT molecular complexity index is 556. The van der Waals surface area contributed by atoms with E-state index in [0.29, 0.717) is 10.5 Å². The molecule has 1 heterocycles. The lowest BCUT2D eigenvalue weighted by atomic mass is 10.3. The van der Waals surface area contributed by atoms with E-state index in [1.807, 2.05) is 28.8 Å². The number of thiazole rings is 1. The summed E-state index contributed by atoms with van der Waals surface area (Å²) >= 11 is 6.67. The van der Waals surface area contributed by atoms with Gasteiger partial charge in [0.2, 0.25) is 0 Å². The lowest BCUT2D eigenvalue weighted by molar-refractivity contribution is -0.305. The van der Waals surface area contributed by atoms with Crippen LogP contribution in [0.5, 0.6) is 0 Å². The number of fused-ring (bicyclic) bond motifs is 1. The number of benzene rings is 1. The molecule has 0 atom stereocenters. The summed E-state index contributed by atoms with van der Waals surface area (Å²) in [6, 6.07) is 7.78. The molecule has 0 aliphatic rings. The maximum Gasteiger partial charge on any atom is 0.162 e. The monoisotopic (exact) mass is 238 g/mol. The normalized spacial score (nSPS) is 10.7. The Hall–Kier alpha value is -1.20. The molecule has 0 unspecified atom stereocenters. The first-order chi connectivity index (χ1) is 7.18. The predicted octanol–water partition coefficient (Wildman–Crippen LogP) is 1.57. The molecule has 0 spiro atoms. The third kappa shape index (κ3) is 2.08. The van der Waals surface area contributed by atoms with Gasteiger partial charge in [-0.1, -0.05) is 12.1 Å². The van der Waals surface area contributed by atoms with Gasteiger partial charge in [-0.3, -0.25) is 0 Å². The molecule has 5 heteroatoms. The highest BCUT2D eigenvalue weighted by Gasteiger charge is 2.03. The van der Waals surface area contributed by atoms with Gasteiger partial charge >= 0.3 is 0 Å². The molecule has 78 valence electrons. The number of carbonyl (C=O) groups is 1. The van der Waals surface area contributed by atoms with E-state index in [4.69, 9.17) is 12.2 Å². The van der Waals surface area contributed by atoms with Crippen LogP contribution in [-0.4, -0.2) is 10.5 Å². The van der Waals surface area contributed by atoms with Crippen LogP contribution >= 0.6 is 23.6 Å². The summed E-state index contributed by atoms with van der Waals surface area (Å²) in [5.41, 5.74) is 0.994. The minimum Gasteiger partial charge on any atom is -0.550 e. The summed E-state index contributed by atoms with van der Waals surface area (Å²) in [5, 5.41) is 10.4. The largest absolute Gasteiger partial charge is 0.550 e. The van der Waals surface area contributed by atoms with Crippen LogP contribution in [0, 0.1) is 3.95 Å². The number of rotatable bonds is 3. The molecule has 0 fully saturated rings. The minimum atomic E-state index is -1.05. The number of carboxylic acids is 1. The van der Waals surface area contributed by atoms with Gasteiger partial charge in [0.05, 0.1) is 10.2 Å². The number of aryl methyl sites for hydroxylation is 1. The summed E-state index contributed by atoms with van der Waals surface area (Å²) in [6.45, 7) is 0.380. The number of hydrogen-bond acceptors (Lipinski definition) is 4. The number of nitrogens with zero attached hydrogens (tertiary/aromatic N) is 1. The zero-order chi connectivity index (χ0) is 10.8. The second kappa shape index (κ2) is 4.12. The fourth-order valence-corrected chi connectivity index (χ4v) is 2.81. The van der Waals surface area contributed by atoms with Crippen molar-refractivity contribution in [2.24, 2.45) is 0 Å². The third-order valence-corrected chi connectivity index (χ3v) is 3.54. The highest BCUT2D eigenvalue weighted by Crippen LogP contribution is 2.22. The molecule has 15 heavy (non-hydrogen) atoms. The molecule has 0 N–H and O–H groups in total. The Labute approximate surface area is 95.6 Å². The summed E-state index contributed by atoms with van der Waals surface area (Å²) < 4.78 is 3.63. The van der Waals surface area contributed by atoms with Crippen LogP contribution in [-0.2, 0) is 11.3 Å². The first-order valence-corrected chi connectivity index (χ1v) is 5.69. The van der Waals surface area contributed by atoms with Gasteiger partial charge in [0, 0.05) is 18.9 Å². The van der Waals surface area contributed by atoms with Crippen LogP contribution in [0.15, 0.2) is 24.3 Å². The van der Waals surface area contributed by atoms with E-state index in [0.717, 1.165) is 10.2 Å². The molecule has 1 aromatic heterocycles. The number of carboxylic acid groups (broad SMARTS) is 1. The molecule has 0 saturated heterocycles. The zero-order valence-corrected chi connectivity index (χ0v) is 9.44. The van der Waals surface area contributed by atoms with E-state index in [1.165, 1.54) is 11.3 Å². The minimum absolute atomic E-state index is 0.00493. The maximum atomic E-state index is 10.4. The fraction of sp³-hybridized carbons (Fsp3) is 0.200. The third-order valence-electron chi connectivity index (χ3n) is 2.11. The number of para-hydroxylation sites is 1. The topological polar surface area (TPSA) is 45.1 Å². The number of hydrogen-bond donors (Lipinski definition) is 0. The first-order valence-electron chi connectivity index (χ1n) is 4.46. The molecule has 2 aromatic rings. The zero-order valence-electron chi connectivity index (χ0n) is 7.80. The number of aromatic nitrogens is 1. The Kier molecular flexibility index (Phi) is 2.83. The molecule has 3 nitrogen and oxygen atoms in total. The second-order valence-corrected chi connectivity index (χ2v) is 4.79. The van der Waals surface area contributed by atoms with Crippen molar-refractivity contribution in [2.75, 3.05) is 0 Å². The molecule has 0 aliphatic heterocycles. The standard InChI is InChI=1S/C10H9NO2S2/c12-9(13)5-6-11-7-3-1-2-4-8(7)15-10(11)14/h1-4H,5-6H2,(H,12,13)/p-1. The summed E-state index contributed by atoms with van der Waals surface area (Å²) in [4.78, 5) is 10.4. The van der Waals surface area contributed by atoms with Gasteiger partial charge in [0.15, 0.2) is 3.95 Å². The Morgan fingerprint density at radius 2 is 2.20 bits per heavy atom. The molecule has 0 aliphatic carbocycles. The summed E-state index contributed by atoms with van der Waals surface area (Å²) in [5.74, 6) is -1.05. The van der Waals surface area contributed by atoms with Gasteiger partial charge in [-0.05, 0) is 24.4 Å². The van der Waals surface area contributed by atoms with E-state index in [9.17, 15) is 9.90 Å². The summed E-state index contributed by atoms with van der Waals surface area (Å²) in [6.07, 6.45) is -0.00493. The van der Waals surface area contributed by atoms with Crippen LogP contribution in [0.1, 0.15) is 6.42 Å². The lowest BCUT2D eigenvalue weighted by Crippen LogP contribution is -2.23. The van der Waals surface area contributed by atoms with Gasteiger partial charge in [-0.25, -0.2) is 0 Å². The average molecular weight is 238 g/mol. The van der Waals surface area contributed by atoms with Gasteiger partial charge in [-0.15, -0.1) is 11.3 Å². The molecule has 0 bridgehead atoms. The lowest BCUT2D eigenvalue weighted by Gasteiger charge is -2.04. The van der Waals surface area contributed by atoms with Gasteiger partial charge in [-0.2, -0.15) is 0 Å². The highest BCUT2D eigenvalue weighted by atomic mass is 32.1. The van der Waals surface area contributed by atoms with Crippen molar-refractivity contribution in [1.82, 2.24) is 4.57 Å². The van der Waals surface area contributed by atoms with E-state index in [2.05, 4.69) is 0 Å². The van der Waals surface area contributed by atoms with Gasteiger partial charge < -0.3 is 14.5 Å². The number of carbonyl (C=O) groups excluding carboxylic acids is 1. The highest BCUT2D eigenvalue weighted by molar-refractivity contribution is 7.73. The van der Waals surface area contributed by atoms with Crippen molar-refractivity contribution < 1.29 is 9.90 Å². The second-order valence-electron chi connectivity index (χ2n) is 3.11. The Morgan fingerprint density at radius 3 is 2.93 bits per heavy atom. The van der Waals surface area contributed by atoms with Crippen LogP contribution in [0.3, 0.4) is 0 Å². The quantitative estimate of drug-likeness (QED) is 0.762. The van der Waals surface area contributed by atoms with Crippen molar-refractivity contribution in [3.63, 3.8) is 0 Å². The van der Waals surface area contributed by atoms with Crippen molar-refractivity contribution in [1.29, 1.82) is 0 Å². The van der Waals surface area contributed by atoms with Gasteiger partial charge in [0.1, 0.15) is 0 Å². The molecule has 1 aromatic carbocycles. The van der Waals surface area contributed by atoms with Crippen LogP contribution in [0.4, 0.5) is 0 Å². The number of aliphatic carboxylic acids is 1. The molecule has 0 radical (unpaired) electrons. The molecule has 0 amide bonds. The fourth-order valence-electron chi connectivity index (χ4n) is 1.43. The Morgan fingerprint density at radius 1 is 1.47 bits per heavy atom. The molecular formula is C10H8NO2S2-. The Balaban J connectivity index is 2.45. The van der Waals surface area contributed by atoms with Crippen LogP contribution < -0.4 is 5.11 Å². The van der Waals surface area contributed by atoms with E-state index >= 15 is 0 Å². The van der Waals surface area contributed by atoms with Crippen LogP contribution in [0.2, 0.25) is 0 Å². The van der Waals surface area contributed by atoms with Crippen molar-refractivity contribution in [3.8, 4) is 0 Å². The molecular weight excluding hydrogens is 230 g/mol. The van der Waals surface area contributed by atoms with E-state index in [1.54, 1.807) is 0 Å². The summed E-state index contributed by atoms with van der Waals surface area (Å²) in [7, 11) is 0. The predicted molar refractivity (Wildman–Crippen MR) is 60.3 cm³/mol. The van der Waals surface area contributed by atoms with E-state index in [-0.39, 0.29) is 6.42 Å². The SMILES string of the molecule is O=C([O-])CCn1c(=S)sc2ccccc21. The van der Waals surface area contributed by atoms with Crippen molar-refractivity contribution in [2.45, 2.75) is 13.0 Å². The van der Waals surface area contributed by atoms with E-state index < -0.39 is 5.97 Å². The van der Waals surface area contributed by atoms with Gasteiger partial charge in [0.25, 0.3) is 0 Å². The first kappa shape index (κ1) is 10.3. The molecule has 0 saturated carbocycles.